The third-order valence-electron chi connectivity index (χ3n) is 7.06. The second-order valence-corrected chi connectivity index (χ2v) is 8.86. The van der Waals surface area contributed by atoms with E-state index in [2.05, 4.69) is 0 Å². The first-order chi connectivity index (χ1) is 14.4. The SMILES string of the molecule is CC1=C(c2ccccc2)C2(c3ccccc3)C(C)(C1=O)C2(Cl)C(=O)c1ccccc1. The van der Waals surface area contributed by atoms with Gasteiger partial charge in [-0.25, -0.2) is 0 Å². The van der Waals surface area contributed by atoms with Crippen molar-refractivity contribution in [1.29, 1.82) is 0 Å². The minimum absolute atomic E-state index is 0.0514. The quantitative estimate of drug-likeness (QED) is 0.397. The molecule has 1 saturated carbocycles. The van der Waals surface area contributed by atoms with Gasteiger partial charge in [-0.15, -0.1) is 11.6 Å². The van der Waals surface area contributed by atoms with Gasteiger partial charge >= 0.3 is 0 Å². The number of alkyl halides is 1. The predicted octanol–water partition coefficient (Wildman–Crippen LogP) is 5.86. The molecule has 0 amide bonds. The van der Waals surface area contributed by atoms with Gasteiger partial charge in [-0.1, -0.05) is 91.0 Å². The summed E-state index contributed by atoms with van der Waals surface area (Å²) in [5, 5.41) is 0. The van der Waals surface area contributed by atoms with Crippen LogP contribution in [0.5, 0.6) is 0 Å². The van der Waals surface area contributed by atoms with E-state index in [1.54, 1.807) is 12.1 Å². The maximum absolute atomic E-state index is 13.8. The van der Waals surface area contributed by atoms with Crippen LogP contribution in [0.25, 0.3) is 5.57 Å². The van der Waals surface area contributed by atoms with Crippen molar-refractivity contribution in [3.8, 4) is 0 Å². The molecule has 2 aliphatic carbocycles. The fourth-order valence-electron chi connectivity index (χ4n) is 5.74. The van der Waals surface area contributed by atoms with Gasteiger partial charge in [-0.2, -0.15) is 0 Å². The van der Waals surface area contributed by atoms with Gasteiger partial charge in [0.05, 0.1) is 10.8 Å². The molecule has 3 heteroatoms. The number of allylic oxidation sites excluding steroid dienone is 2. The summed E-state index contributed by atoms with van der Waals surface area (Å²) in [5.41, 5.74) is 1.93. The second kappa shape index (κ2) is 6.26. The van der Waals surface area contributed by atoms with Gasteiger partial charge in [0.1, 0.15) is 4.87 Å². The summed E-state index contributed by atoms with van der Waals surface area (Å²) < 4.78 is 0. The van der Waals surface area contributed by atoms with Crippen LogP contribution in [0.3, 0.4) is 0 Å². The standard InChI is InChI=1S/C27H21ClO2/c1-18-22(19-12-6-3-7-13-19)26(21-16-10-5-11-17-21)25(2,23(18)29)27(26,28)24(30)20-14-8-4-9-15-20/h3-17H,1-2H3. The molecule has 2 aliphatic rings. The van der Waals surface area contributed by atoms with Crippen molar-refractivity contribution < 1.29 is 9.59 Å². The summed E-state index contributed by atoms with van der Waals surface area (Å²) in [7, 11) is 0. The third kappa shape index (κ3) is 1.95. The molecule has 30 heavy (non-hydrogen) atoms. The van der Waals surface area contributed by atoms with E-state index in [0.717, 1.165) is 16.7 Å². The molecule has 1 fully saturated rings. The summed E-state index contributed by atoms with van der Waals surface area (Å²) in [6.07, 6.45) is 0. The highest BCUT2D eigenvalue weighted by molar-refractivity contribution is 6.50. The van der Waals surface area contributed by atoms with Gasteiger partial charge in [0.15, 0.2) is 11.6 Å². The molecule has 148 valence electrons. The predicted molar refractivity (Wildman–Crippen MR) is 120 cm³/mol. The number of carbonyl (C=O) groups excluding carboxylic acids is 2. The Labute approximate surface area is 181 Å². The number of benzene rings is 3. The molecule has 3 aromatic rings. The van der Waals surface area contributed by atoms with Crippen LogP contribution in [0.15, 0.2) is 96.6 Å². The number of rotatable bonds is 4. The van der Waals surface area contributed by atoms with E-state index in [9.17, 15) is 9.59 Å². The van der Waals surface area contributed by atoms with Crippen molar-refractivity contribution in [3.05, 3.63) is 113 Å². The average Bonchev–Trinajstić information content (AvgIpc) is 3.18. The Morgan fingerprint density at radius 2 is 1.30 bits per heavy atom. The lowest BCUT2D eigenvalue weighted by Crippen LogP contribution is -2.32. The Morgan fingerprint density at radius 3 is 1.87 bits per heavy atom. The average molecular weight is 413 g/mol. The molecule has 0 heterocycles. The van der Waals surface area contributed by atoms with Crippen molar-refractivity contribution in [2.24, 2.45) is 5.41 Å². The first-order valence-electron chi connectivity index (χ1n) is 10.1. The number of ketones is 2. The number of carbonyl (C=O) groups is 2. The molecule has 3 unspecified atom stereocenters. The van der Waals surface area contributed by atoms with Crippen LogP contribution < -0.4 is 0 Å². The zero-order valence-electron chi connectivity index (χ0n) is 16.9. The zero-order valence-corrected chi connectivity index (χ0v) is 17.6. The lowest BCUT2D eigenvalue weighted by molar-refractivity contribution is -0.119. The van der Waals surface area contributed by atoms with Crippen molar-refractivity contribution in [2.45, 2.75) is 24.1 Å². The van der Waals surface area contributed by atoms with Gasteiger partial charge in [0, 0.05) is 5.56 Å². The van der Waals surface area contributed by atoms with Crippen LogP contribution >= 0.6 is 11.6 Å². The minimum atomic E-state index is -1.38. The minimum Gasteiger partial charge on any atom is -0.294 e. The number of fused-ring (bicyclic) bond motifs is 1. The summed E-state index contributed by atoms with van der Waals surface area (Å²) >= 11 is 7.33. The molecule has 0 aliphatic heterocycles. The van der Waals surface area contributed by atoms with Crippen molar-refractivity contribution >= 4 is 28.7 Å². The smallest absolute Gasteiger partial charge is 0.186 e. The monoisotopic (exact) mass is 412 g/mol. The summed E-state index contributed by atoms with van der Waals surface area (Å²) in [6, 6.07) is 28.7. The normalized spacial score (nSPS) is 29.6. The first-order valence-corrected chi connectivity index (χ1v) is 10.5. The highest BCUT2D eigenvalue weighted by Gasteiger charge is 2.94. The Balaban J connectivity index is 1.83. The van der Waals surface area contributed by atoms with Crippen LogP contribution in [-0.2, 0) is 10.2 Å². The van der Waals surface area contributed by atoms with E-state index < -0.39 is 15.7 Å². The van der Waals surface area contributed by atoms with E-state index in [0.29, 0.717) is 11.1 Å². The maximum Gasteiger partial charge on any atom is 0.186 e. The van der Waals surface area contributed by atoms with Crippen molar-refractivity contribution in [1.82, 2.24) is 0 Å². The molecule has 3 atom stereocenters. The summed E-state index contributed by atoms with van der Waals surface area (Å²) in [4.78, 5) is 26.2. The molecule has 0 N–H and O–H groups in total. The molecule has 0 bridgehead atoms. The Bertz CT molecular complexity index is 1200. The molecule has 2 nitrogen and oxygen atoms in total. The number of hydrogen-bond acceptors (Lipinski definition) is 2. The van der Waals surface area contributed by atoms with Gasteiger partial charge in [0.2, 0.25) is 0 Å². The zero-order chi connectivity index (χ0) is 21.1. The van der Waals surface area contributed by atoms with Crippen molar-refractivity contribution in [3.63, 3.8) is 0 Å². The van der Waals surface area contributed by atoms with Crippen LogP contribution in [-0.4, -0.2) is 16.4 Å². The highest BCUT2D eigenvalue weighted by Crippen LogP contribution is 2.84. The molecule has 0 aromatic heterocycles. The fraction of sp³-hybridized carbons (Fsp3) is 0.185. The van der Waals surface area contributed by atoms with E-state index in [4.69, 9.17) is 11.6 Å². The van der Waals surface area contributed by atoms with E-state index >= 15 is 0 Å². The molecule has 3 aromatic carbocycles. The van der Waals surface area contributed by atoms with E-state index in [1.165, 1.54) is 0 Å². The molecule has 0 spiro atoms. The fourth-order valence-corrected chi connectivity index (χ4v) is 6.42. The third-order valence-corrected chi connectivity index (χ3v) is 7.89. The largest absolute Gasteiger partial charge is 0.294 e. The lowest BCUT2D eigenvalue weighted by atomic mass is 9.79. The van der Waals surface area contributed by atoms with E-state index in [-0.39, 0.29) is 11.6 Å². The molecular weight excluding hydrogens is 392 g/mol. The molecule has 0 radical (unpaired) electrons. The summed E-state index contributed by atoms with van der Waals surface area (Å²) in [6.45, 7) is 3.71. The van der Waals surface area contributed by atoms with Gasteiger partial charge in [-0.3, -0.25) is 9.59 Å². The molecule has 5 rings (SSSR count). The first kappa shape index (κ1) is 19.0. The number of hydrogen-bond donors (Lipinski definition) is 0. The second-order valence-electron chi connectivity index (χ2n) is 8.29. The number of halogens is 1. The Morgan fingerprint density at radius 1 is 0.800 bits per heavy atom. The van der Waals surface area contributed by atoms with Crippen LogP contribution in [0.2, 0.25) is 0 Å². The van der Waals surface area contributed by atoms with Crippen LogP contribution in [0.1, 0.15) is 35.3 Å². The van der Waals surface area contributed by atoms with Crippen LogP contribution in [0.4, 0.5) is 0 Å². The molecule has 0 saturated heterocycles. The lowest BCUT2D eigenvalue weighted by Gasteiger charge is -2.25. The highest BCUT2D eigenvalue weighted by atomic mass is 35.5. The van der Waals surface area contributed by atoms with Gasteiger partial charge < -0.3 is 0 Å². The summed E-state index contributed by atoms with van der Waals surface area (Å²) in [5.74, 6) is -0.255. The Hall–Kier alpha value is -2.97. The van der Waals surface area contributed by atoms with E-state index in [1.807, 2.05) is 92.7 Å². The number of Topliss-reactive ketones (excluding diaryl/α,β-unsaturated/α-hetero) is 2. The van der Waals surface area contributed by atoms with Crippen molar-refractivity contribution in [2.75, 3.05) is 0 Å². The van der Waals surface area contributed by atoms with Gasteiger partial charge in [0.25, 0.3) is 0 Å². The topological polar surface area (TPSA) is 34.1 Å². The maximum atomic E-state index is 13.8. The molecular formula is C27H21ClO2. The van der Waals surface area contributed by atoms with Gasteiger partial charge in [-0.05, 0) is 36.1 Å². The Kier molecular flexibility index (Phi) is 3.97. The van der Waals surface area contributed by atoms with Crippen LogP contribution in [0, 0.1) is 5.41 Å².